The van der Waals surface area contributed by atoms with Crippen LogP contribution < -0.4 is 0 Å². The van der Waals surface area contributed by atoms with Crippen molar-refractivity contribution in [1.29, 1.82) is 0 Å². The molecule has 0 heterocycles. The van der Waals surface area contributed by atoms with Crippen molar-refractivity contribution >= 4 is 23.2 Å². The maximum Gasteiger partial charge on any atom is 0.269 e. The Kier molecular flexibility index (Phi) is 6.45. The number of amides is 1. The summed E-state index contributed by atoms with van der Waals surface area (Å²) in [5, 5.41) is 10.8. The van der Waals surface area contributed by atoms with Gasteiger partial charge < -0.3 is 4.90 Å². The molecule has 0 fully saturated rings. The second-order valence-electron chi connectivity index (χ2n) is 4.68. The van der Waals surface area contributed by atoms with E-state index in [1.54, 1.807) is 24.1 Å². The van der Waals surface area contributed by atoms with Gasteiger partial charge in [-0.25, -0.2) is 0 Å². The van der Waals surface area contributed by atoms with Crippen LogP contribution in [0.15, 0.2) is 24.3 Å². The van der Waals surface area contributed by atoms with Crippen LogP contribution in [0, 0.1) is 10.1 Å². The first kappa shape index (κ1) is 16.4. The van der Waals surface area contributed by atoms with Crippen LogP contribution in [-0.4, -0.2) is 28.7 Å². The Morgan fingerprint density at radius 3 is 2.75 bits per heavy atom. The summed E-state index contributed by atoms with van der Waals surface area (Å²) >= 11 is 5.58. The first-order valence-electron chi connectivity index (χ1n) is 6.53. The lowest BCUT2D eigenvalue weighted by Crippen LogP contribution is -2.29. The van der Waals surface area contributed by atoms with Crippen LogP contribution in [0.2, 0.25) is 0 Å². The Labute approximate surface area is 123 Å². The van der Waals surface area contributed by atoms with Crippen molar-refractivity contribution in [3.63, 3.8) is 0 Å². The molecule has 110 valence electrons. The van der Waals surface area contributed by atoms with E-state index in [2.05, 4.69) is 0 Å². The second-order valence-corrected chi connectivity index (χ2v) is 5.06. The average Bonchev–Trinajstić information content (AvgIpc) is 2.45. The number of non-ortho nitro benzene ring substituents is 1. The van der Waals surface area contributed by atoms with Crippen LogP contribution >= 0.6 is 11.6 Å². The fourth-order valence-corrected chi connectivity index (χ4v) is 2.07. The Morgan fingerprint density at radius 1 is 1.45 bits per heavy atom. The van der Waals surface area contributed by atoms with Crippen LogP contribution in [0.25, 0.3) is 0 Å². The molecule has 0 aliphatic heterocycles. The molecule has 0 saturated heterocycles. The summed E-state index contributed by atoms with van der Waals surface area (Å²) in [5.41, 5.74) is 0.796. The molecule has 0 aromatic heterocycles. The van der Waals surface area contributed by atoms with Gasteiger partial charge >= 0.3 is 0 Å². The first-order valence-corrected chi connectivity index (χ1v) is 7.06. The lowest BCUT2D eigenvalue weighted by Gasteiger charge is -2.25. The largest absolute Gasteiger partial charge is 0.339 e. The van der Waals surface area contributed by atoms with Gasteiger partial charge in [0.05, 0.1) is 11.0 Å². The van der Waals surface area contributed by atoms with Gasteiger partial charge in [0.15, 0.2) is 0 Å². The molecule has 0 radical (unpaired) electrons. The average molecular weight is 299 g/mol. The van der Waals surface area contributed by atoms with E-state index in [-0.39, 0.29) is 17.6 Å². The maximum absolute atomic E-state index is 12.0. The van der Waals surface area contributed by atoms with E-state index in [4.69, 9.17) is 11.6 Å². The highest BCUT2D eigenvalue weighted by Crippen LogP contribution is 2.23. The van der Waals surface area contributed by atoms with Gasteiger partial charge in [-0.05, 0) is 25.3 Å². The van der Waals surface area contributed by atoms with E-state index in [0.717, 1.165) is 18.4 Å². The third-order valence-electron chi connectivity index (χ3n) is 3.31. The molecule has 0 aliphatic rings. The molecule has 0 saturated carbocycles. The lowest BCUT2D eigenvalue weighted by molar-refractivity contribution is -0.384. The molecule has 1 unspecified atom stereocenters. The molecule has 0 N–H and O–H groups in total. The van der Waals surface area contributed by atoms with E-state index in [1.165, 1.54) is 12.1 Å². The molecule has 20 heavy (non-hydrogen) atoms. The maximum atomic E-state index is 12.0. The summed E-state index contributed by atoms with van der Waals surface area (Å²) in [7, 11) is 1.71. The zero-order valence-electron chi connectivity index (χ0n) is 11.7. The fraction of sp³-hybridized carbons (Fsp3) is 0.500. The Morgan fingerprint density at radius 2 is 2.15 bits per heavy atom. The van der Waals surface area contributed by atoms with Gasteiger partial charge in [0, 0.05) is 31.5 Å². The van der Waals surface area contributed by atoms with Crippen molar-refractivity contribution in [2.75, 3.05) is 12.9 Å². The van der Waals surface area contributed by atoms with E-state index in [1.807, 2.05) is 6.92 Å². The number of nitro groups is 1. The number of benzene rings is 1. The smallest absolute Gasteiger partial charge is 0.269 e. The predicted molar refractivity (Wildman–Crippen MR) is 78.9 cm³/mol. The van der Waals surface area contributed by atoms with Crippen molar-refractivity contribution < 1.29 is 9.72 Å². The van der Waals surface area contributed by atoms with Gasteiger partial charge in [0.2, 0.25) is 5.91 Å². The Bertz CT molecular complexity index is 479. The first-order chi connectivity index (χ1) is 9.47. The fourth-order valence-electron chi connectivity index (χ4n) is 1.88. The van der Waals surface area contributed by atoms with Crippen LogP contribution in [0.1, 0.15) is 37.8 Å². The summed E-state index contributed by atoms with van der Waals surface area (Å²) in [6.07, 6.45) is 2.02. The van der Waals surface area contributed by atoms with Crippen molar-refractivity contribution in [3.8, 4) is 0 Å². The molecular weight excluding hydrogens is 280 g/mol. The van der Waals surface area contributed by atoms with Gasteiger partial charge in [-0.1, -0.05) is 12.1 Å². The van der Waals surface area contributed by atoms with E-state index in [9.17, 15) is 14.9 Å². The number of carbonyl (C=O) groups is 1. The molecule has 1 rings (SSSR count). The molecule has 1 atom stereocenters. The van der Waals surface area contributed by atoms with Gasteiger partial charge in [0.25, 0.3) is 5.69 Å². The summed E-state index contributed by atoms with van der Waals surface area (Å²) < 4.78 is 0. The third-order valence-corrected chi connectivity index (χ3v) is 3.58. The van der Waals surface area contributed by atoms with Crippen molar-refractivity contribution in [3.05, 3.63) is 39.9 Å². The Hall–Kier alpha value is -1.62. The number of halogens is 1. The molecule has 0 spiro atoms. The van der Waals surface area contributed by atoms with Crippen LogP contribution in [0.4, 0.5) is 5.69 Å². The molecular formula is C14H19ClN2O3. The van der Waals surface area contributed by atoms with E-state index >= 15 is 0 Å². The van der Waals surface area contributed by atoms with Gasteiger partial charge in [-0.2, -0.15) is 0 Å². The number of nitro benzene ring substituents is 1. The van der Waals surface area contributed by atoms with E-state index in [0.29, 0.717) is 12.3 Å². The minimum absolute atomic E-state index is 0.0223. The SMILES string of the molecule is CC(c1cccc([N+](=O)[O-])c1)N(C)C(=O)CCCCCl. The second kappa shape index (κ2) is 7.85. The van der Waals surface area contributed by atoms with Crippen LogP contribution in [0.3, 0.4) is 0 Å². The van der Waals surface area contributed by atoms with Crippen LogP contribution in [-0.2, 0) is 4.79 Å². The lowest BCUT2D eigenvalue weighted by atomic mass is 10.1. The molecule has 1 amide bonds. The van der Waals surface area contributed by atoms with Crippen molar-refractivity contribution in [2.45, 2.75) is 32.2 Å². The summed E-state index contributed by atoms with van der Waals surface area (Å²) in [6, 6.07) is 6.18. The minimum Gasteiger partial charge on any atom is -0.339 e. The highest BCUT2D eigenvalue weighted by molar-refractivity contribution is 6.17. The quantitative estimate of drug-likeness (QED) is 0.335. The molecule has 0 aliphatic carbocycles. The summed E-state index contributed by atoms with van der Waals surface area (Å²) in [6.45, 7) is 1.86. The number of alkyl halides is 1. The number of hydrogen-bond donors (Lipinski definition) is 0. The number of carbonyl (C=O) groups excluding carboxylic acids is 1. The Balaban J connectivity index is 2.73. The monoisotopic (exact) mass is 298 g/mol. The summed E-state index contributed by atoms with van der Waals surface area (Å²) in [4.78, 5) is 24.0. The topological polar surface area (TPSA) is 63.5 Å². The standard InChI is InChI=1S/C14H19ClN2O3/c1-11(16(2)14(18)8-3-4-9-15)12-6-5-7-13(10-12)17(19)20/h5-7,10-11H,3-4,8-9H2,1-2H3. The molecule has 5 nitrogen and oxygen atoms in total. The normalized spacial score (nSPS) is 11.9. The number of rotatable bonds is 7. The molecule has 0 bridgehead atoms. The number of nitrogens with zero attached hydrogens (tertiary/aromatic N) is 2. The molecule has 6 heteroatoms. The highest BCUT2D eigenvalue weighted by Gasteiger charge is 2.18. The predicted octanol–water partition coefficient (Wildman–Crippen LogP) is 3.52. The van der Waals surface area contributed by atoms with Gasteiger partial charge in [0.1, 0.15) is 0 Å². The number of unbranched alkanes of at least 4 members (excludes halogenated alkanes) is 1. The summed E-state index contributed by atoms with van der Waals surface area (Å²) in [5.74, 6) is 0.575. The van der Waals surface area contributed by atoms with E-state index < -0.39 is 4.92 Å². The zero-order chi connectivity index (χ0) is 15.1. The van der Waals surface area contributed by atoms with Crippen molar-refractivity contribution in [2.24, 2.45) is 0 Å². The molecule has 1 aromatic carbocycles. The number of hydrogen-bond acceptors (Lipinski definition) is 3. The zero-order valence-corrected chi connectivity index (χ0v) is 12.5. The third kappa shape index (κ3) is 4.49. The minimum atomic E-state index is -0.432. The highest BCUT2D eigenvalue weighted by atomic mass is 35.5. The van der Waals surface area contributed by atoms with Crippen molar-refractivity contribution in [1.82, 2.24) is 4.90 Å². The van der Waals surface area contributed by atoms with Gasteiger partial charge in [-0.15, -0.1) is 11.6 Å². The molecule has 1 aromatic rings. The van der Waals surface area contributed by atoms with Gasteiger partial charge in [-0.3, -0.25) is 14.9 Å². The van der Waals surface area contributed by atoms with Crippen LogP contribution in [0.5, 0.6) is 0 Å².